The Hall–Kier alpha value is -1.79. The second-order valence-corrected chi connectivity index (χ2v) is 8.00. The van der Waals surface area contributed by atoms with Gasteiger partial charge in [0.1, 0.15) is 5.69 Å². The number of anilines is 1. The number of non-ortho nitro benzene ring substituents is 1. The summed E-state index contributed by atoms with van der Waals surface area (Å²) in [6.45, 7) is 3.35. The summed E-state index contributed by atoms with van der Waals surface area (Å²) in [5, 5.41) is 33.0. The normalized spacial score (nSPS) is 10.7. The molecule has 168 valence electrons. The van der Waals surface area contributed by atoms with E-state index in [9.17, 15) is 25.0 Å². The molecule has 10 nitrogen and oxygen atoms in total. The first-order chi connectivity index (χ1) is 14.3. The summed E-state index contributed by atoms with van der Waals surface area (Å²) >= 11 is 6.64. The van der Waals surface area contributed by atoms with Crippen molar-refractivity contribution < 1.29 is 19.7 Å². The number of unbranched alkanes of at least 4 members (excludes halogenated alkanes) is 2. The second-order valence-electron chi connectivity index (χ2n) is 6.41. The van der Waals surface area contributed by atoms with Crippen LogP contribution in [-0.4, -0.2) is 69.2 Å². The van der Waals surface area contributed by atoms with Crippen molar-refractivity contribution in [2.75, 3.05) is 48.3 Å². The number of nitro groups is 2. The van der Waals surface area contributed by atoms with Gasteiger partial charge in [0.25, 0.3) is 17.3 Å². The molecule has 12 heteroatoms. The molecule has 0 saturated carbocycles. The minimum atomic E-state index is -0.732. The summed E-state index contributed by atoms with van der Waals surface area (Å²) < 4.78 is 0. The van der Waals surface area contributed by atoms with E-state index in [1.165, 1.54) is 4.90 Å². The Labute approximate surface area is 191 Å². The van der Waals surface area contributed by atoms with Gasteiger partial charge in [0.05, 0.1) is 21.5 Å². The zero-order valence-corrected chi connectivity index (χ0v) is 19.9. The van der Waals surface area contributed by atoms with E-state index in [1.54, 1.807) is 11.8 Å². The molecule has 0 unspecified atom stereocenters. The number of hydrogen-bond acceptors (Lipinski definition) is 7. The predicted octanol–water partition coefficient (Wildman–Crippen LogP) is 3.72. The molecule has 0 atom stereocenters. The van der Waals surface area contributed by atoms with E-state index in [2.05, 4.69) is 31.9 Å². The van der Waals surface area contributed by atoms with Crippen molar-refractivity contribution >= 4 is 54.8 Å². The van der Waals surface area contributed by atoms with Gasteiger partial charge >= 0.3 is 0 Å². The fourth-order valence-electron chi connectivity index (χ4n) is 3.05. The van der Waals surface area contributed by atoms with Gasteiger partial charge in [-0.3, -0.25) is 25.0 Å². The molecule has 0 heterocycles. The average molecular weight is 554 g/mol. The van der Waals surface area contributed by atoms with Crippen molar-refractivity contribution in [3.8, 4) is 0 Å². The maximum absolute atomic E-state index is 13.3. The van der Waals surface area contributed by atoms with Crippen LogP contribution in [0.15, 0.2) is 12.1 Å². The van der Waals surface area contributed by atoms with E-state index in [0.717, 1.165) is 18.6 Å². The number of nitrogens with zero attached hydrogens (tertiary/aromatic N) is 4. The first-order valence-electron chi connectivity index (χ1n) is 9.56. The molecular weight excluding hydrogens is 528 g/mol. The first-order valence-corrected chi connectivity index (χ1v) is 11.8. The highest BCUT2D eigenvalue weighted by Crippen LogP contribution is 2.37. The summed E-state index contributed by atoms with van der Waals surface area (Å²) in [6, 6.07) is 2.02. The minimum Gasteiger partial charge on any atom is -0.396 e. The Morgan fingerprint density at radius 2 is 1.67 bits per heavy atom. The van der Waals surface area contributed by atoms with Gasteiger partial charge in [-0.1, -0.05) is 31.9 Å². The highest BCUT2D eigenvalue weighted by atomic mass is 79.9. The van der Waals surface area contributed by atoms with Crippen LogP contribution in [-0.2, 0) is 0 Å². The van der Waals surface area contributed by atoms with Crippen LogP contribution in [0.25, 0.3) is 0 Å². The Kier molecular flexibility index (Phi) is 11.8. The molecule has 0 aliphatic heterocycles. The fraction of sp³-hybridized carbons (Fsp3) is 0.611. The third-order valence-electron chi connectivity index (χ3n) is 4.49. The third kappa shape index (κ3) is 7.17. The van der Waals surface area contributed by atoms with Gasteiger partial charge in [0.15, 0.2) is 0 Å². The minimum absolute atomic E-state index is 0.0539. The molecule has 1 aromatic carbocycles. The van der Waals surface area contributed by atoms with Crippen LogP contribution in [0.2, 0.25) is 0 Å². The molecule has 0 fully saturated rings. The smallest absolute Gasteiger partial charge is 0.300 e. The molecule has 0 radical (unpaired) electrons. The number of hydrogen-bond donors (Lipinski definition) is 1. The zero-order valence-electron chi connectivity index (χ0n) is 16.8. The molecule has 0 saturated heterocycles. The van der Waals surface area contributed by atoms with E-state index in [1.807, 2.05) is 0 Å². The van der Waals surface area contributed by atoms with Gasteiger partial charge in [-0.25, -0.2) is 0 Å². The predicted molar refractivity (Wildman–Crippen MR) is 122 cm³/mol. The topological polar surface area (TPSA) is 130 Å². The summed E-state index contributed by atoms with van der Waals surface area (Å²) in [7, 11) is 0. The molecule has 1 N–H and O–H groups in total. The van der Waals surface area contributed by atoms with Crippen LogP contribution in [0.3, 0.4) is 0 Å². The maximum Gasteiger partial charge on any atom is 0.300 e. The summed E-state index contributed by atoms with van der Waals surface area (Å²) in [4.78, 5) is 38.2. The number of alkyl halides is 2. The Bertz CT molecular complexity index is 744. The molecule has 0 bridgehead atoms. The quantitative estimate of drug-likeness (QED) is 0.161. The zero-order chi connectivity index (χ0) is 22.7. The monoisotopic (exact) mass is 552 g/mol. The van der Waals surface area contributed by atoms with E-state index >= 15 is 0 Å². The van der Waals surface area contributed by atoms with Crippen molar-refractivity contribution in [3.63, 3.8) is 0 Å². The fourth-order valence-corrected chi connectivity index (χ4v) is 3.90. The maximum atomic E-state index is 13.3. The molecule has 1 aromatic rings. The van der Waals surface area contributed by atoms with Crippen LogP contribution < -0.4 is 4.90 Å². The van der Waals surface area contributed by atoms with Gasteiger partial charge < -0.3 is 14.9 Å². The lowest BCUT2D eigenvalue weighted by Gasteiger charge is -2.27. The average Bonchev–Trinajstić information content (AvgIpc) is 2.72. The molecule has 1 rings (SSSR count). The van der Waals surface area contributed by atoms with Gasteiger partial charge in [0.2, 0.25) is 0 Å². The van der Waals surface area contributed by atoms with Crippen LogP contribution >= 0.6 is 31.9 Å². The van der Waals surface area contributed by atoms with Crippen molar-refractivity contribution in [1.29, 1.82) is 0 Å². The largest absolute Gasteiger partial charge is 0.396 e. The molecule has 0 aromatic heterocycles. The van der Waals surface area contributed by atoms with Crippen molar-refractivity contribution in [1.82, 2.24) is 4.90 Å². The summed E-state index contributed by atoms with van der Waals surface area (Å²) in [6.07, 6.45) is 1.99. The second kappa shape index (κ2) is 13.5. The highest BCUT2D eigenvalue weighted by molar-refractivity contribution is 9.09. The number of halogens is 2. The Morgan fingerprint density at radius 1 is 1.03 bits per heavy atom. The third-order valence-corrected chi connectivity index (χ3v) is 5.20. The molecule has 0 spiro atoms. The molecule has 30 heavy (non-hydrogen) atoms. The molecule has 0 aliphatic rings. The van der Waals surface area contributed by atoms with Gasteiger partial charge in [-0.15, -0.1) is 0 Å². The number of amides is 1. The summed E-state index contributed by atoms with van der Waals surface area (Å²) in [5.74, 6) is -0.488. The van der Waals surface area contributed by atoms with E-state index in [0.29, 0.717) is 49.7 Å². The van der Waals surface area contributed by atoms with Crippen LogP contribution in [0.4, 0.5) is 17.1 Å². The number of aliphatic hydroxyl groups excluding tert-OH is 1. The van der Waals surface area contributed by atoms with Crippen molar-refractivity contribution in [3.05, 3.63) is 37.9 Å². The first kappa shape index (κ1) is 26.2. The lowest BCUT2D eigenvalue weighted by Crippen LogP contribution is -2.35. The molecule has 0 aliphatic carbocycles. The number of carbonyl (C=O) groups excluding carboxylic acids is 1. The molecule has 1 amide bonds. The Morgan fingerprint density at radius 3 is 2.13 bits per heavy atom. The van der Waals surface area contributed by atoms with Crippen LogP contribution in [0, 0.1) is 20.2 Å². The van der Waals surface area contributed by atoms with E-state index < -0.39 is 27.1 Å². The number of rotatable bonds is 14. The van der Waals surface area contributed by atoms with E-state index in [-0.39, 0.29) is 17.9 Å². The Balaban J connectivity index is 3.55. The number of carbonyl (C=O) groups is 1. The number of nitro benzene ring substituents is 2. The molecular formula is C18H26Br2N4O6. The number of aliphatic hydroxyl groups is 1. The van der Waals surface area contributed by atoms with Gasteiger partial charge in [-0.2, -0.15) is 0 Å². The highest BCUT2D eigenvalue weighted by Gasteiger charge is 2.32. The van der Waals surface area contributed by atoms with Gasteiger partial charge in [-0.05, 0) is 26.2 Å². The van der Waals surface area contributed by atoms with E-state index in [4.69, 9.17) is 5.11 Å². The van der Waals surface area contributed by atoms with Crippen molar-refractivity contribution in [2.24, 2.45) is 0 Å². The van der Waals surface area contributed by atoms with Crippen molar-refractivity contribution in [2.45, 2.75) is 26.2 Å². The van der Waals surface area contributed by atoms with Crippen LogP contribution in [0.1, 0.15) is 36.5 Å². The lowest BCUT2D eigenvalue weighted by molar-refractivity contribution is -0.393. The standard InChI is InChI=1S/C18H26Br2N4O6/c1-2-21(8-4-3-5-11-25)18(26)15-12-14(23(27)28)13-16(24(29)30)17(15)22(9-6-19)10-7-20/h12-13,25H,2-11H2,1H3. The number of benzene rings is 1. The van der Waals surface area contributed by atoms with Gasteiger partial charge in [0, 0.05) is 49.5 Å². The SMILES string of the molecule is CCN(CCCCCO)C(=O)c1cc([N+](=O)[O-])cc([N+](=O)[O-])c1N(CCBr)CCBr. The lowest BCUT2D eigenvalue weighted by atomic mass is 10.1. The summed E-state index contributed by atoms with van der Waals surface area (Å²) in [5.41, 5.74) is -0.932. The van der Waals surface area contributed by atoms with Crippen LogP contribution in [0.5, 0.6) is 0 Å².